The highest BCUT2D eigenvalue weighted by Crippen LogP contribution is 2.34. The van der Waals surface area contributed by atoms with Gasteiger partial charge in [0, 0.05) is 9.79 Å². The molecule has 0 saturated heterocycles. The molecule has 0 aliphatic carbocycles. The largest absolute Gasteiger partial charge is 0.204 e. The number of hydrogen-bond acceptors (Lipinski definition) is 3. The summed E-state index contributed by atoms with van der Waals surface area (Å²) >= 11 is 1.77. The van der Waals surface area contributed by atoms with Crippen molar-refractivity contribution < 1.29 is 0 Å². The lowest BCUT2D eigenvalue weighted by molar-refractivity contribution is 0.920. The first kappa shape index (κ1) is 14.8. The lowest BCUT2D eigenvalue weighted by atomic mass is 10.1. The molecule has 0 radical (unpaired) electrons. The quantitative estimate of drug-likeness (QED) is 0.664. The number of hydrogen-bond donors (Lipinski definition) is 1. The number of nitrogens with zero attached hydrogens (tertiary/aromatic N) is 1. The van der Waals surface area contributed by atoms with Gasteiger partial charge in [0.25, 0.3) is 0 Å². The van der Waals surface area contributed by atoms with Gasteiger partial charge in [0.05, 0.1) is 5.69 Å². The fourth-order valence-corrected chi connectivity index (χ4v) is 3.13. The first-order valence-corrected chi connectivity index (χ1v) is 7.71. The summed E-state index contributed by atoms with van der Waals surface area (Å²) in [7, 11) is 0. The number of aryl methyl sites for hydroxylation is 3. The average Bonchev–Trinajstić information content (AvgIpc) is 2.45. The minimum atomic E-state index is 0.755. The molecular weight excluding hydrogens is 264 g/mol. The van der Waals surface area contributed by atoms with E-state index in [4.69, 9.17) is 5.53 Å². The molecule has 0 saturated carbocycles. The molecule has 0 atom stereocenters. The van der Waals surface area contributed by atoms with Crippen molar-refractivity contribution in [3.05, 3.63) is 53.1 Å². The Morgan fingerprint density at radius 3 is 2.35 bits per heavy atom. The first-order chi connectivity index (χ1) is 9.63. The maximum Gasteiger partial charge on any atom is 0.0882 e. The highest BCUT2D eigenvalue weighted by Gasteiger charge is 2.06. The molecule has 2 rings (SSSR count). The van der Waals surface area contributed by atoms with Gasteiger partial charge in [0.2, 0.25) is 0 Å². The molecule has 2 aromatic rings. The maximum atomic E-state index is 7.15. The van der Waals surface area contributed by atoms with Crippen LogP contribution in [-0.2, 0) is 6.42 Å². The molecule has 2 aromatic carbocycles. The lowest BCUT2D eigenvalue weighted by Gasteiger charge is -2.09. The van der Waals surface area contributed by atoms with Gasteiger partial charge < -0.3 is 0 Å². The molecule has 0 aliphatic rings. The Balaban J connectivity index is 2.21. The van der Waals surface area contributed by atoms with Gasteiger partial charge in [-0.15, -0.1) is 0 Å². The SMILES string of the molecule is CCCc1ccc(Sc2cc(C)c(N=N)cc2C)cc1. The number of nitrogens with one attached hydrogen (secondary N) is 1. The topological polar surface area (TPSA) is 36.2 Å². The highest BCUT2D eigenvalue weighted by atomic mass is 32.2. The fraction of sp³-hybridized carbons (Fsp3) is 0.294. The minimum Gasteiger partial charge on any atom is -0.204 e. The van der Waals surface area contributed by atoms with Crippen molar-refractivity contribution in [3.8, 4) is 0 Å². The Bertz CT molecular complexity index is 603. The molecule has 0 spiro atoms. The summed E-state index contributed by atoms with van der Waals surface area (Å²) in [6.45, 7) is 6.27. The molecule has 0 aromatic heterocycles. The van der Waals surface area contributed by atoms with E-state index in [0.717, 1.165) is 17.7 Å². The zero-order chi connectivity index (χ0) is 14.5. The third kappa shape index (κ3) is 3.48. The number of benzene rings is 2. The summed E-state index contributed by atoms with van der Waals surface area (Å²) in [5.41, 5.74) is 11.5. The molecule has 1 N–H and O–H groups in total. The summed E-state index contributed by atoms with van der Waals surface area (Å²) in [5.74, 6) is 0. The van der Waals surface area contributed by atoms with E-state index < -0.39 is 0 Å². The molecule has 0 bridgehead atoms. The standard InChI is InChI=1S/C17H20N2S/c1-4-5-14-6-8-15(9-7-14)20-17-11-12(2)16(19-18)10-13(17)3/h6-11,18H,4-5H2,1-3H3. The van der Waals surface area contributed by atoms with E-state index >= 15 is 0 Å². The monoisotopic (exact) mass is 284 g/mol. The van der Waals surface area contributed by atoms with Gasteiger partial charge in [0.15, 0.2) is 0 Å². The maximum absolute atomic E-state index is 7.15. The summed E-state index contributed by atoms with van der Waals surface area (Å²) in [4.78, 5) is 2.49. The fourth-order valence-electron chi connectivity index (χ4n) is 2.14. The van der Waals surface area contributed by atoms with E-state index in [9.17, 15) is 0 Å². The molecule has 0 heterocycles. The van der Waals surface area contributed by atoms with E-state index in [1.165, 1.54) is 27.3 Å². The van der Waals surface area contributed by atoms with Gasteiger partial charge in [-0.2, -0.15) is 5.11 Å². The Morgan fingerprint density at radius 1 is 1.05 bits per heavy atom. The highest BCUT2D eigenvalue weighted by molar-refractivity contribution is 7.99. The molecule has 20 heavy (non-hydrogen) atoms. The van der Waals surface area contributed by atoms with Crippen molar-refractivity contribution in [2.24, 2.45) is 5.11 Å². The molecule has 0 amide bonds. The summed E-state index contributed by atoms with van der Waals surface area (Å²) < 4.78 is 0. The third-order valence-electron chi connectivity index (χ3n) is 3.30. The molecular formula is C17H20N2S. The van der Waals surface area contributed by atoms with Crippen molar-refractivity contribution in [2.45, 2.75) is 43.4 Å². The average molecular weight is 284 g/mol. The molecule has 0 aliphatic heterocycles. The Labute approximate surface area is 125 Å². The van der Waals surface area contributed by atoms with Gasteiger partial charge in [-0.05, 0) is 61.2 Å². The predicted molar refractivity (Wildman–Crippen MR) is 85.3 cm³/mol. The second-order valence-corrected chi connectivity index (χ2v) is 6.13. The summed E-state index contributed by atoms with van der Waals surface area (Å²) in [6.07, 6.45) is 2.33. The van der Waals surface area contributed by atoms with Crippen LogP contribution in [0.25, 0.3) is 0 Å². The van der Waals surface area contributed by atoms with Gasteiger partial charge in [-0.3, -0.25) is 0 Å². The van der Waals surface area contributed by atoms with Crippen molar-refractivity contribution in [1.29, 1.82) is 5.53 Å². The van der Waals surface area contributed by atoms with Crippen LogP contribution >= 0.6 is 11.8 Å². The van der Waals surface area contributed by atoms with Crippen LogP contribution in [-0.4, -0.2) is 0 Å². The zero-order valence-electron chi connectivity index (χ0n) is 12.2. The van der Waals surface area contributed by atoms with Crippen molar-refractivity contribution in [3.63, 3.8) is 0 Å². The molecule has 0 unspecified atom stereocenters. The minimum absolute atomic E-state index is 0.755. The van der Waals surface area contributed by atoms with E-state index in [2.05, 4.69) is 49.3 Å². The lowest BCUT2D eigenvalue weighted by Crippen LogP contribution is -1.85. The van der Waals surface area contributed by atoms with Crippen molar-refractivity contribution >= 4 is 17.4 Å². The Kier molecular flexibility index (Phi) is 4.96. The van der Waals surface area contributed by atoms with Gasteiger partial charge in [-0.1, -0.05) is 37.2 Å². The second-order valence-electron chi connectivity index (χ2n) is 5.01. The van der Waals surface area contributed by atoms with Crippen LogP contribution in [0.3, 0.4) is 0 Å². The molecule has 104 valence electrons. The van der Waals surface area contributed by atoms with Crippen LogP contribution in [0.2, 0.25) is 0 Å². The van der Waals surface area contributed by atoms with Crippen molar-refractivity contribution in [1.82, 2.24) is 0 Å². The van der Waals surface area contributed by atoms with Crippen LogP contribution in [0.15, 0.2) is 51.3 Å². The summed E-state index contributed by atoms with van der Waals surface area (Å²) in [5, 5.41) is 3.55. The van der Waals surface area contributed by atoms with E-state index in [1.807, 2.05) is 13.0 Å². The molecule has 0 fully saturated rings. The smallest absolute Gasteiger partial charge is 0.0882 e. The normalized spacial score (nSPS) is 10.6. The van der Waals surface area contributed by atoms with Gasteiger partial charge >= 0.3 is 0 Å². The van der Waals surface area contributed by atoms with Crippen LogP contribution in [0.5, 0.6) is 0 Å². The van der Waals surface area contributed by atoms with Crippen LogP contribution in [0.4, 0.5) is 5.69 Å². The van der Waals surface area contributed by atoms with E-state index in [1.54, 1.807) is 11.8 Å². The Hall–Kier alpha value is -1.61. The Morgan fingerprint density at radius 2 is 1.75 bits per heavy atom. The first-order valence-electron chi connectivity index (χ1n) is 6.89. The second kappa shape index (κ2) is 6.71. The van der Waals surface area contributed by atoms with E-state index in [0.29, 0.717) is 0 Å². The van der Waals surface area contributed by atoms with Gasteiger partial charge in [0.1, 0.15) is 0 Å². The summed E-state index contributed by atoms with van der Waals surface area (Å²) in [6, 6.07) is 12.9. The van der Waals surface area contributed by atoms with Crippen molar-refractivity contribution in [2.75, 3.05) is 0 Å². The predicted octanol–water partition coefficient (Wildman–Crippen LogP) is 6.07. The van der Waals surface area contributed by atoms with Crippen LogP contribution in [0, 0.1) is 19.4 Å². The third-order valence-corrected chi connectivity index (χ3v) is 4.47. The molecule has 2 nitrogen and oxygen atoms in total. The number of rotatable bonds is 5. The zero-order valence-corrected chi connectivity index (χ0v) is 13.1. The van der Waals surface area contributed by atoms with Gasteiger partial charge in [-0.25, -0.2) is 5.53 Å². The molecule has 3 heteroatoms. The van der Waals surface area contributed by atoms with Crippen LogP contribution < -0.4 is 0 Å². The van der Waals surface area contributed by atoms with E-state index in [-0.39, 0.29) is 0 Å². The van der Waals surface area contributed by atoms with Crippen LogP contribution in [0.1, 0.15) is 30.0 Å².